The molecule has 0 aliphatic rings. The molecule has 0 radical (unpaired) electrons. The van der Waals surface area contributed by atoms with Crippen LogP contribution in [-0.4, -0.2) is 43.6 Å². The minimum absolute atomic E-state index is 0.199. The van der Waals surface area contributed by atoms with E-state index in [0.717, 1.165) is 29.6 Å². The van der Waals surface area contributed by atoms with E-state index in [0.29, 0.717) is 6.61 Å². The van der Waals surface area contributed by atoms with E-state index < -0.39 is 0 Å². The highest BCUT2D eigenvalue weighted by Gasteiger charge is 2.15. The van der Waals surface area contributed by atoms with Gasteiger partial charge in [-0.3, -0.25) is 4.68 Å². The van der Waals surface area contributed by atoms with E-state index in [1.54, 1.807) is 7.11 Å². The molecule has 0 spiro atoms. The van der Waals surface area contributed by atoms with Crippen molar-refractivity contribution < 1.29 is 9.47 Å². The molecule has 24 heavy (non-hydrogen) atoms. The van der Waals surface area contributed by atoms with Crippen LogP contribution >= 0.6 is 0 Å². The largest absolute Gasteiger partial charge is 0.493 e. The van der Waals surface area contributed by atoms with Crippen molar-refractivity contribution in [2.45, 2.75) is 26.4 Å². The summed E-state index contributed by atoms with van der Waals surface area (Å²) in [5.41, 5.74) is 2.26. The minimum Gasteiger partial charge on any atom is -0.493 e. The number of methoxy groups -OCH3 is 1. The highest BCUT2D eigenvalue weighted by Crippen LogP contribution is 2.26. The Labute approximate surface area is 144 Å². The highest BCUT2D eigenvalue weighted by molar-refractivity contribution is 5.48. The fourth-order valence-electron chi connectivity index (χ4n) is 2.74. The lowest BCUT2D eigenvalue weighted by atomic mass is 10.2. The van der Waals surface area contributed by atoms with Crippen molar-refractivity contribution >= 4 is 5.82 Å². The Kier molecular flexibility index (Phi) is 6.09. The van der Waals surface area contributed by atoms with Gasteiger partial charge in [-0.25, -0.2) is 0 Å². The summed E-state index contributed by atoms with van der Waals surface area (Å²) < 4.78 is 13.1. The van der Waals surface area contributed by atoms with E-state index in [2.05, 4.69) is 22.2 Å². The summed E-state index contributed by atoms with van der Waals surface area (Å²) in [7, 11) is 7.69. The molecule has 1 aromatic heterocycles. The molecule has 0 saturated carbocycles. The first kappa shape index (κ1) is 18.1. The van der Waals surface area contributed by atoms with Crippen LogP contribution in [0.5, 0.6) is 11.5 Å². The van der Waals surface area contributed by atoms with E-state index in [9.17, 15) is 0 Å². The Morgan fingerprint density at radius 2 is 1.92 bits per heavy atom. The molecule has 1 atom stereocenters. The van der Waals surface area contributed by atoms with Crippen molar-refractivity contribution in [3.8, 4) is 11.5 Å². The summed E-state index contributed by atoms with van der Waals surface area (Å²) >= 11 is 0. The van der Waals surface area contributed by atoms with Crippen LogP contribution in [0.25, 0.3) is 0 Å². The molecule has 1 aromatic carbocycles. The van der Waals surface area contributed by atoms with Crippen LogP contribution in [0.4, 0.5) is 5.82 Å². The second kappa shape index (κ2) is 8.06. The molecule has 2 aromatic rings. The molecule has 1 heterocycles. The van der Waals surface area contributed by atoms with E-state index in [4.69, 9.17) is 9.47 Å². The number of benzene rings is 1. The number of anilines is 1. The van der Waals surface area contributed by atoms with Gasteiger partial charge in [0.05, 0.1) is 12.8 Å². The molecule has 0 aliphatic heterocycles. The average Bonchev–Trinajstić information content (AvgIpc) is 2.84. The number of hydrogen-bond donors (Lipinski definition) is 1. The molecule has 0 saturated heterocycles. The van der Waals surface area contributed by atoms with Gasteiger partial charge in [0, 0.05) is 39.3 Å². The standard InChI is InChI=1S/C18H28N4O2/c1-13(12-24-17-10-8-7-9-16(17)23-6)19-11-15-14(2)20-22(5)18(15)21(3)4/h7-10,13,19H,11-12H2,1-6H3/t13-/m0/s1. The normalized spacial score (nSPS) is 12.1. The lowest BCUT2D eigenvalue weighted by Gasteiger charge is -2.19. The van der Waals surface area contributed by atoms with Crippen LogP contribution in [0.2, 0.25) is 0 Å². The van der Waals surface area contributed by atoms with Gasteiger partial charge >= 0.3 is 0 Å². The zero-order chi connectivity index (χ0) is 17.7. The molecular weight excluding hydrogens is 304 g/mol. The molecule has 6 nitrogen and oxygen atoms in total. The first-order valence-electron chi connectivity index (χ1n) is 8.13. The number of aromatic nitrogens is 2. The van der Waals surface area contributed by atoms with Crippen molar-refractivity contribution in [1.82, 2.24) is 15.1 Å². The Morgan fingerprint density at radius 1 is 1.25 bits per heavy atom. The number of aryl methyl sites for hydroxylation is 2. The average molecular weight is 332 g/mol. The van der Waals surface area contributed by atoms with Crippen molar-refractivity contribution in [1.29, 1.82) is 0 Å². The van der Waals surface area contributed by atoms with Gasteiger partial charge in [-0.05, 0) is 26.0 Å². The molecule has 2 rings (SSSR count). The minimum atomic E-state index is 0.199. The molecule has 0 fully saturated rings. The summed E-state index contributed by atoms with van der Waals surface area (Å²) in [6.07, 6.45) is 0. The van der Waals surface area contributed by atoms with Gasteiger partial charge in [0.2, 0.25) is 0 Å². The van der Waals surface area contributed by atoms with E-state index in [1.807, 2.05) is 57.0 Å². The van der Waals surface area contributed by atoms with Crippen LogP contribution in [0, 0.1) is 6.92 Å². The Hall–Kier alpha value is -2.21. The van der Waals surface area contributed by atoms with Crippen LogP contribution < -0.4 is 19.7 Å². The summed E-state index contributed by atoms with van der Waals surface area (Å²) in [5.74, 6) is 2.64. The molecule has 6 heteroatoms. The number of ether oxygens (including phenoxy) is 2. The van der Waals surface area contributed by atoms with Crippen molar-refractivity contribution in [3.63, 3.8) is 0 Å². The zero-order valence-corrected chi connectivity index (χ0v) is 15.5. The van der Waals surface area contributed by atoms with Gasteiger partial charge < -0.3 is 19.7 Å². The Morgan fingerprint density at radius 3 is 2.54 bits per heavy atom. The van der Waals surface area contributed by atoms with Crippen molar-refractivity contribution in [2.75, 3.05) is 32.7 Å². The molecule has 0 unspecified atom stereocenters. The van der Waals surface area contributed by atoms with Gasteiger partial charge in [-0.15, -0.1) is 0 Å². The smallest absolute Gasteiger partial charge is 0.161 e. The maximum absolute atomic E-state index is 5.87. The van der Waals surface area contributed by atoms with Crippen LogP contribution in [0.3, 0.4) is 0 Å². The third-order valence-electron chi connectivity index (χ3n) is 3.92. The lowest BCUT2D eigenvalue weighted by Crippen LogP contribution is -2.32. The van der Waals surface area contributed by atoms with E-state index >= 15 is 0 Å². The van der Waals surface area contributed by atoms with Crippen LogP contribution in [0.1, 0.15) is 18.2 Å². The fourth-order valence-corrected chi connectivity index (χ4v) is 2.74. The molecular formula is C18H28N4O2. The summed E-state index contributed by atoms with van der Waals surface area (Å²) in [6.45, 7) is 5.47. The Balaban J connectivity index is 1.93. The predicted molar refractivity (Wildman–Crippen MR) is 97.1 cm³/mol. The topological polar surface area (TPSA) is 51.6 Å². The van der Waals surface area contributed by atoms with Gasteiger partial charge in [-0.2, -0.15) is 5.10 Å². The monoisotopic (exact) mass is 332 g/mol. The quantitative estimate of drug-likeness (QED) is 0.804. The maximum atomic E-state index is 5.87. The third kappa shape index (κ3) is 4.20. The van der Waals surface area contributed by atoms with Gasteiger partial charge in [-0.1, -0.05) is 12.1 Å². The number of para-hydroxylation sites is 2. The first-order valence-corrected chi connectivity index (χ1v) is 8.13. The highest BCUT2D eigenvalue weighted by atomic mass is 16.5. The third-order valence-corrected chi connectivity index (χ3v) is 3.92. The number of nitrogens with one attached hydrogen (secondary N) is 1. The predicted octanol–water partition coefficient (Wildman–Crippen LogP) is 2.36. The number of hydrogen-bond acceptors (Lipinski definition) is 5. The van der Waals surface area contributed by atoms with Crippen molar-refractivity contribution in [2.24, 2.45) is 7.05 Å². The second-order valence-corrected chi connectivity index (χ2v) is 6.15. The zero-order valence-electron chi connectivity index (χ0n) is 15.5. The van der Waals surface area contributed by atoms with Crippen LogP contribution in [0.15, 0.2) is 24.3 Å². The SMILES string of the molecule is COc1ccccc1OC[C@H](C)NCc1c(C)nn(C)c1N(C)C. The van der Waals surface area contributed by atoms with Crippen molar-refractivity contribution in [3.05, 3.63) is 35.5 Å². The number of rotatable bonds is 8. The van der Waals surface area contributed by atoms with Gasteiger partial charge in [0.1, 0.15) is 12.4 Å². The van der Waals surface area contributed by atoms with Gasteiger partial charge in [0.25, 0.3) is 0 Å². The summed E-state index contributed by atoms with van der Waals surface area (Å²) in [6, 6.07) is 7.89. The first-order chi connectivity index (χ1) is 11.4. The molecule has 0 bridgehead atoms. The lowest BCUT2D eigenvalue weighted by molar-refractivity contribution is 0.259. The van der Waals surface area contributed by atoms with Crippen LogP contribution in [-0.2, 0) is 13.6 Å². The summed E-state index contributed by atoms with van der Waals surface area (Å²) in [5, 5.41) is 8.02. The fraction of sp³-hybridized carbons (Fsp3) is 0.500. The second-order valence-electron chi connectivity index (χ2n) is 6.15. The molecule has 0 amide bonds. The Bertz CT molecular complexity index is 667. The van der Waals surface area contributed by atoms with E-state index in [-0.39, 0.29) is 6.04 Å². The molecule has 0 aliphatic carbocycles. The molecule has 132 valence electrons. The maximum Gasteiger partial charge on any atom is 0.161 e. The van der Waals surface area contributed by atoms with Gasteiger partial charge in [0.15, 0.2) is 11.5 Å². The summed E-state index contributed by atoms with van der Waals surface area (Å²) in [4.78, 5) is 2.09. The number of nitrogens with zero attached hydrogens (tertiary/aromatic N) is 3. The molecule has 1 N–H and O–H groups in total. The van der Waals surface area contributed by atoms with E-state index in [1.165, 1.54) is 5.56 Å².